The summed E-state index contributed by atoms with van der Waals surface area (Å²) in [4.78, 5) is 0. The average molecular weight is 366 g/mol. The predicted molar refractivity (Wildman–Crippen MR) is 101 cm³/mol. The van der Waals surface area contributed by atoms with E-state index in [9.17, 15) is 0 Å². The highest BCUT2D eigenvalue weighted by Crippen LogP contribution is 2.12. The predicted octanol–water partition coefficient (Wildman–Crippen LogP) is 5.63. The minimum atomic E-state index is 0. The third-order valence-electron chi connectivity index (χ3n) is 4.00. The molecule has 0 radical (unpaired) electrons. The Labute approximate surface area is 144 Å². The second kappa shape index (κ2) is 22.7. The zero-order chi connectivity index (χ0) is 14.7. The van der Waals surface area contributed by atoms with Crippen LogP contribution in [0.15, 0.2) is 0 Å². The number of hydrogen-bond acceptors (Lipinski definition) is 2. The van der Waals surface area contributed by atoms with Crippen molar-refractivity contribution in [3.63, 3.8) is 0 Å². The number of aliphatic hydroxyl groups excluding tert-OH is 1. The highest BCUT2D eigenvalue weighted by atomic mass is 79.9. The van der Waals surface area contributed by atoms with E-state index >= 15 is 0 Å². The van der Waals surface area contributed by atoms with E-state index in [2.05, 4.69) is 12.2 Å². The molecule has 0 atom stereocenters. The van der Waals surface area contributed by atoms with Crippen LogP contribution in [-0.4, -0.2) is 24.8 Å². The summed E-state index contributed by atoms with van der Waals surface area (Å²) in [6.07, 6.45) is 19.8. The summed E-state index contributed by atoms with van der Waals surface area (Å²) < 4.78 is 0. The smallest absolute Gasteiger partial charge is 0.0555 e. The van der Waals surface area contributed by atoms with Crippen molar-refractivity contribution in [2.75, 3.05) is 19.7 Å². The largest absolute Gasteiger partial charge is 0.395 e. The average Bonchev–Trinajstić information content (AvgIpc) is 2.47. The summed E-state index contributed by atoms with van der Waals surface area (Å²) in [7, 11) is 0. The standard InChI is InChI=1S/C18H39NO.BrH/c1-2-3-4-5-6-7-8-9-10-11-12-13-14-15-16-19-17-18-20;/h19-20H,2-18H2,1H3;1H. The molecular formula is C18H40BrNO. The summed E-state index contributed by atoms with van der Waals surface area (Å²) in [5.41, 5.74) is 0. The van der Waals surface area contributed by atoms with Gasteiger partial charge in [0.1, 0.15) is 0 Å². The van der Waals surface area contributed by atoms with Crippen LogP contribution in [0.5, 0.6) is 0 Å². The first kappa shape index (κ1) is 23.7. The fourth-order valence-electron chi connectivity index (χ4n) is 2.65. The molecule has 0 aromatic heterocycles. The van der Waals surface area contributed by atoms with Crippen molar-refractivity contribution in [2.24, 2.45) is 0 Å². The van der Waals surface area contributed by atoms with Gasteiger partial charge in [0.2, 0.25) is 0 Å². The summed E-state index contributed by atoms with van der Waals surface area (Å²) in [5.74, 6) is 0. The van der Waals surface area contributed by atoms with Crippen LogP contribution in [0.3, 0.4) is 0 Å². The van der Waals surface area contributed by atoms with Gasteiger partial charge in [0.05, 0.1) is 6.61 Å². The van der Waals surface area contributed by atoms with Gasteiger partial charge < -0.3 is 10.4 Å². The number of nitrogens with one attached hydrogen (secondary N) is 1. The second-order valence-electron chi connectivity index (χ2n) is 6.07. The van der Waals surface area contributed by atoms with Gasteiger partial charge in [-0.05, 0) is 13.0 Å². The molecule has 0 bridgehead atoms. The van der Waals surface area contributed by atoms with Crippen molar-refractivity contribution in [1.82, 2.24) is 5.32 Å². The van der Waals surface area contributed by atoms with Gasteiger partial charge in [0, 0.05) is 6.54 Å². The van der Waals surface area contributed by atoms with E-state index in [1.165, 1.54) is 89.9 Å². The van der Waals surface area contributed by atoms with E-state index in [4.69, 9.17) is 5.11 Å². The molecule has 3 heteroatoms. The molecule has 0 rings (SSSR count). The van der Waals surface area contributed by atoms with E-state index in [1.54, 1.807) is 0 Å². The molecule has 21 heavy (non-hydrogen) atoms. The van der Waals surface area contributed by atoms with E-state index < -0.39 is 0 Å². The quantitative estimate of drug-likeness (QED) is 0.327. The number of aliphatic hydroxyl groups is 1. The normalized spacial score (nSPS) is 10.6. The SMILES string of the molecule is Br.CCCCCCCCCCCCCCCCNCCO. The van der Waals surface area contributed by atoms with E-state index in [0.29, 0.717) is 0 Å². The van der Waals surface area contributed by atoms with Crippen molar-refractivity contribution in [3.05, 3.63) is 0 Å². The fourth-order valence-corrected chi connectivity index (χ4v) is 2.65. The Morgan fingerprint density at radius 3 is 1.33 bits per heavy atom. The third-order valence-corrected chi connectivity index (χ3v) is 4.00. The van der Waals surface area contributed by atoms with Gasteiger partial charge >= 0.3 is 0 Å². The Hall–Kier alpha value is 0.400. The fraction of sp³-hybridized carbons (Fsp3) is 1.00. The minimum Gasteiger partial charge on any atom is -0.395 e. The van der Waals surface area contributed by atoms with E-state index in [-0.39, 0.29) is 23.6 Å². The molecule has 0 fully saturated rings. The molecular weight excluding hydrogens is 326 g/mol. The van der Waals surface area contributed by atoms with Gasteiger partial charge in [-0.3, -0.25) is 0 Å². The molecule has 0 aromatic carbocycles. The summed E-state index contributed by atoms with van der Waals surface area (Å²) in [6.45, 7) is 4.36. The molecule has 0 aliphatic rings. The first-order chi connectivity index (χ1) is 9.91. The highest BCUT2D eigenvalue weighted by Gasteiger charge is 1.94. The van der Waals surface area contributed by atoms with Gasteiger partial charge in [0.15, 0.2) is 0 Å². The summed E-state index contributed by atoms with van der Waals surface area (Å²) in [6, 6.07) is 0. The lowest BCUT2D eigenvalue weighted by molar-refractivity contribution is 0.292. The van der Waals surface area contributed by atoms with Crippen molar-refractivity contribution in [2.45, 2.75) is 96.8 Å². The van der Waals surface area contributed by atoms with Crippen molar-refractivity contribution >= 4 is 17.0 Å². The van der Waals surface area contributed by atoms with E-state index in [0.717, 1.165) is 13.1 Å². The molecule has 0 aliphatic heterocycles. The van der Waals surface area contributed by atoms with Crippen LogP contribution < -0.4 is 5.32 Å². The molecule has 0 saturated heterocycles. The minimum absolute atomic E-state index is 0. The number of unbranched alkanes of at least 4 members (excludes halogenated alkanes) is 13. The van der Waals surface area contributed by atoms with Gasteiger partial charge in [-0.15, -0.1) is 17.0 Å². The Morgan fingerprint density at radius 2 is 0.952 bits per heavy atom. The van der Waals surface area contributed by atoms with Crippen LogP contribution in [0, 0.1) is 0 Å². The summed E-state index contributed by atoms with van der Waals surface area (Å²) >= 11 is 0. The monoisotopic (exact) mass is 365 g/mol. The Morgan fingerprint density at radius 1 is 0.571 bits per heavy atom. The molecule has 0 amide bonds. The van der Waals surface area contributed by atoms with Crippen molar-refractivity contribution in [1.29, 1.82) is 0 Å². The molecule has 0 unspecified atom stereocenters. The first-order valence-corrected chi connectivity index (χ1v) is 9.23. The van der Waals surface area contributed by atoms with Crippen LogP contribution >= 0.6 is 17.0 Å². The lowest BCUT2D eigenvalue weighted by Crippen LogP contribution is -2.19. The van der Waals surface area contributed by atoms with Crippen molar-refractivity contribution < 1.29 is 5.11 Å². The van der Waals surface area contributed by atoms with Gasteiger partial charge in [-0.25, -0.2) is 0 Å². The van der Waals surface area contributed by atoms with Crippen LogP contribution in [0.1, 0.15) is 96.8 Å². The van der Waals surface area contributed by atoms with Gasteiger partial charge in [-0.1, -0.05) is 90.4 Å². The zero-order valence-electron chi connectivity index (χ0n) is 14.4. The molecule has 2 nitrogen and oxygen atoms in total. The van der Waals surface area contributed by atoms with Crippen LogP contribution in [0.25, 0.3) is 0 Å². The highest BCUT2D eigenvalue weighted by molar-refractivity contribution is 8.93. The summed E-state index contributed by atoms with van der Waals surface area (Å²) in [5, 5.41) is 11.8. The van der Waals surface area contributed by atoms with Crippen LogP contribution in [-0.2, 0) is 0 Å². The van der Waals surface area contributed by atoms with Gasteiger partial charge in [-0.2, -0.15) is 0 Å². The zero-order valence-corrected chi connectivity index (χ0v) is 16.1. The Kier molecular flexibility index (Phi) is 25.6. The van der Waals surface area contributed by atoms with Crippen molar-refractivity contribution in [3.8, 4) is 0 Å². The number of rotatable bonds is 17. The number of halogens is 1. The first-order valence-electron chi connectivity index (χ1n) is 9.23. The molecule has 0 spiro atoms. The molecule has 0 saturated carbocycles. The second-order valence-corrected chi connectivity index (χ2v) is 6.07. The molecule has 130 valence electrons. The van der Waals surface area contributed by atoms with Gasteiger partial charge in [0.25, 0.3) is 0 Å². The maximum absolute atomic E-state index is 8.62. The molecule has 0 heterocycles. The Balaban J connectivity index is 0. The van der Waals surface area contributed by atoms with Crippen LogP contribution in [0.2, 0.25) is 0 Å². The topological polar surface area (TPSA) is 32.3 Å². The number of hydrogen-bond donors (Lipinski definition) is 2. The van der Waals surface area contributed by atoms with Crippen LogP contribution in [0.4, 0.5) is 0 Å². The maximum Gasteiger partial charge on any atom is 0.0555 e. The lowest BCUT2D eigenvalue weighted by atomic mass is 10.0. The van der Waals surface area contributed by atoms with E-state index in [1.807, 2.05) is 0 Å². The third kappa shape index (κ3) is 22.8. The lowest BCUT2D eigenvalue weighted by Gasteiger charge is -2.04. The maximum atomic E-state index is 8.62. The molecule has 0 aliphatic carbocycles. The molecule has 2 N–H and O–H groups in total. The molecule has 0 aromatic rings. The Bertz CT molecular complexity index is 149.